The van der Waals surface area contributed by atoms with Crippen molar-refractivity contribution in [1.29, 1.82) is 0 Å². The molecule has 0 aromatic heterocycles. The van der Waals surface area contributed by atoms with E-state index in [9.17, 15) is 0 Å². The van der Waals surface area contributed by atoms with Gasteiger partial charge in [-0.2, -0.15) is 0 Å². The summed E-state index contributed by atoms with van der Waals surface area (Å²) in [6.45, 7) is 8.18. The number of aryl methyl sites for hydroxylation is 1. The van der Waals surface area contributed by atoms with Gasteiger partial charge in [0.15, 0.2) is 0 Å². The fourth-order valence-corrected chi connectivity index (χ4v) is 1.27. The zero-order valence-electron chi connectivity index (χ0n) is 9.42. The van der Waals surface area contributed by atoms with Crippen molar-refractivity contribution in [3.8, 4) is 0 Å². The zero-order chi connectivity index (χ0) is 10.4. The molecule has 0 fully saturated rings. The Morgan fingerprint density at radius 2 is 1.93 bits per heavy atom. The summed E-state index contributed by atoms with van der Waals surface area (Å²) in [6.07, 6.45) is 1.14. The molecule has 1 aromatic carbocycles. The molecule has 0 saturated heterocycles. The van der Waals surface area contributed by atoms with E-state index < -0.39 is 0 Å². The lowest BCUT2D eigenvalue weighted by Crippen LogP contribution is -2.00. The summed E-state index contributed by atoms with van der Waals surface area (Å²) < 4.78 is 5.61. The topological polar surface area (TPSA) is 9.23 Å². The van der Waals surface area contributed by atoms with Gasteiger partial charge in [-0.3, -0.25) is 0 Å². The van der Waals surface area contributed by atoms with Crippen LogP contribution in [-0.4, -0.2) is 6.61 Å². The van der Waals surface area contributed by atoms with E-state index in [4.69, 9.17) is 4.74 Å². The molecule has 0 atom stereocenters. The number of hydrogen-bond acceptors (Lipinski definition) is 1. The Morgan fingerprint density at radius 3 is 2.57 bits per heavy atom. The van der Waals surface area contributed by atoms with Crippen LogP contribution in [0.4, 0.5) is 0 Å². The molecule has 0 aliphatic heterocycles. The van der Waals surface area contributed by atoms with Crippen LogP contribution < -0.4 is 0 Å². The minimum Gasteiger partial charge on any atom is -0.377 e. The Kier molecular flexibility index (Phi) is 4.68. The van der Waals surface area contributed by atoms with Gasteiger partial charge in [-0.1, -0.05) is 38.1 Å². The highest BCUT2D eigenvalue weighted by atomic mass is 16.5. The number of benzene rings is 1. The summed E-state index contributed by atoms with van der Waals surface area (Å²) in [5.74, 6) is 0.729. The summed E-state index contributed by atoms with van der Waals surface area (Å²) in [7, 11) is 0. The van der Waals surface area contributed by atoms with Gasteiger partial charge < -0.3 is 4.74 Å². The van der Waals surface area contributed by atoms with Crippen LogP contribution in [0, 0.1) is 12.8 Å². The van der Waals surface area contributed by atoms with E-state index >= 15 is 0 Å². The molecule has 0 aliphatic rings. The van der Waals surface area contributed by atoms with Gasteiger partial charge in [-0.05, 0) is 30.4 Å². The van der Waals surface area contributed by atoms with Crippen molar-refractivity contribution in [2.24, 2.45) is 5.92 Å². The summed E-state index contributed by atoms with van der Waals surface area (Å²) in [5.41, 5.74) is 2.62. The fourth-order valence-electron chi connectivity index (χ4n) is 1.27. The van der Waals surface area contributed by atoms with Crippen molar-refractivity contribution >= 4 is 0 Å². The Labute approximate surface area is 87.1 Å². The van der Waals surface area contributed by atoms with Crippen LogP contribution in [0.3, 0.4) is 0 Å². The normalized spacial score (nSPS) is 10.9. The maximum atomic E-state index is 5.61. The lowest BCUT2D eigenvalue weighted by Gasteiger charge is -2.08. The van der Waals surface area contributed by atoms with Crippen molar-refractivity contribution in [1.82, 2.24) is 0 Å². The maximum absolute atomic E-state index is 5.61. The van der Waals surface area contributed by atoms with Crippen molar-refractivity contribution in [3.63, 3.8) is 0 Å². The van der Waals surface area contributed by atoms with Gasteiger partial charge in [-0.15, -0.1) is 0 Å². The molecule has 78 valence electrons. The van der Waals surface area contributed by atoms with E-state index in [0.717, 1.165) is 25.6 Å². The predicted octanol–water partition coefficient (Wildman–Crippen LogP) is 3.56. The lowest BCUT2D eigenvalue weighted by molar-refractivity contribution is 0.110. The van der Waals surface area contributed by atoms with E-state index in [-0.39, 0.29) is 0 Å². The molecule has 1 nitrogen and oxygen atoms in total. The summed E-state index contributed by atoms with van der Waals surface area (Å²) in [5, 5.41) is 0. The largest absolute Gasteiger partial charge is 0.377 e. The second-order valence-corrected chi connectivity index (χ2v) is 4.16. The molecule has 1 rings (SSSR count). The van der Waals surface area contributed by atoms with Crippen LogP contribution in [-0.2, 0) is 11.3 Å². The molecule has 0 bridgehead atoms. The van der Waals surface area contributed by atoms with Crippen LogP contribution in [0.1, 0.15) is 31.4 Å². The third-order valence-electron chi connectivity index (χ3n) is 2.36. The van der Waals surface area contributed by atoms with Crippen LogP contribution in [0.15, 0.2) is 24.3 Å². The van der Waals surface area contributed by atoms with E-state index in [1.54, 1.807) is 0 Å². The van der Waals surface area contributed by atoms with E-state index in [1.807, 2.05) is 0 Å². The maximum Gasteiger partial charge on any atom is 0.0719 e. The van der Waals surface area contributed by atoms with Gasteiger partial charge in [0.05, 0.1) is 6.61 Å². The monoisotopic (exact) mass is 192 g/mol. The average molecular weight is 192 g/mol. The molecule has 0 N–H and O–H groups in total. The third kappa shape index (κ3) is 3.93. The number of ether oxygens (including phenoxy) is 1. The van der Waals surface area contributed by atoms with Crippen LogP contribution >= 0.6 is 0 Å². The standard InChI is InChI=1S/C13H20O/c1-11(2)8-9-14-10-13-7-5-4-6-12(13)3/h4-7,11H,8-10H2,1-3H3. The van der Waals surface area contributed by atoms with Gasteiger partial charge in [-0.25, -0.2) is 0 Å². The summed E-state index contributed by atoms with van der Waals surface area (Å²) in [4.78, 5) is 0. The molecule has 0 heterocycles. The first-order valence-electron chi connectivity index (χ1n) is 5.32. The predicted molar refractivity (Wildman–Crippen MR) is 60.3 cm³/mol. The van der Waals surface area contributed by atoms with Gasteiger partial charge in [0.2, 0.25) is 0 Å². The first-order valence-corrected chi connectivity index (χ1v) is 5.32. The minimum absolute atomic E-state index is 0.729. The number of hydrogen-bond donors (Lipinski definition) is 0. The number of rotatable bonds is 5. The molecule has 0 aliphatic carbocycles. The zero-order valence-corrected chi connectivity index (χ0v) is 9.42. The van der Waals surface area contributed by atoms with Gasteiger partial charge >= 0.3 is 0 Å². The Morgan fingerprint density at radius 1 is 1.21 bits per heavy atom. The molecule has 1 heteroatoms. The van der Waals surface area contributed by atoms with Gasteiger partial charge in [0.25, 0.3) is 0 Å². The van der Waals surface area contributed by atoms with E-state index in [0.29, 0.717) is 0 Å². The van der Waals surface area contributed by atoms with Gasteiger partial charge in [0.1, 0.15) is 0 Å². The van der Waals surface area contributed by atoms with E-state index in [1.165, 1.54) is 11.1 Å². The Balaban J connectivity index is 2.28. The quantitative estimate of drug-likeness (QED) is 0.648. The second-order valence-electron chi connectivity index (χ2n) is 4.16. The SMILES string of the molecule is Cc1ccccc1COCCC(C)C. The highest BCUT2D eigenvalue weighted by molar-refractivity contribution is 5.24. The Bertz CT molecular complexity index is 266. The van der Waals surface area contributed by atoms with Gasteiger partial charge in [0, 0.05) is 6.61 Å². The molecule has 0 radical (unpaired) electrons. The van der Waals surface area contributed by atoms with Crippen LogP contribution in [0.5, 0.6) is 0 Å². The van der Waals surface area contributed by atoms with Crippen molar-refractivity contribution in [2.45, 2.75) is 33.8 Å². The highest BCUT2D eigenvalue weighted by Gasteiger charge is 1.97. The molecule has 1 aromatic rings. The first kappa shape index (κ1) is 11.3. The molecule has 0 spiro atoms. The van der Waals surface area contributed by atoms with Crippen LogP contribution in [0.2, 0.25) is 0 Å². The van der Waals surface area contributed by atoms with Crippen LogP contribution in [0.25, 0.3) is 0 Å². The lowest BCUT2D eigenvalue weighted by atomic mass is 10.1. The van der Waals surface area contributed by atoms with Crippen molar-refractivity contribution in [2.75, 3.05) is 6.61 Å². The van der Waals surface area contributed by atoms with Crippen molar-refractivity contribution in [3.05, 3.63) is 35.4 Å². The second kappa shape index (κ2) is 5.82. The highest BCUT2D eigenvalue weighted by Crippen LogP contribution is 2.09. The molecule has 0 saturated carbocycles. The molecular weight excluding hydrogens is 172 g/mol. The fraction of sp³-hybridized carbons (Fsp3) is 0.538. The molecular formula is C13H20O. The molecule has 0 unspecified atom stereocenters. The summed E-state index contributed by atoms with van der Waals surface area (Å²) >= 11 is 0. The Hall–Kier alpha value is -0.820. The molecule has 0 amide bonds. The minimum atomic E-state index is 0.729. The molecule has 14 heavy (non-hydrogen) atoms. The first-order chi connectivity index (χ1) is 6.70. The summed E-state index contributed by atoms with van der Waals surface area (Å²) in [6, 6.07) is 8.38. The smallest absolute Gasteiger partial charge is 0.0719 e. The van der Waals surface area contributed by atoms with Crippen molar-refractivity contribution < 1.29 is 4.74 Å². The average Bonchev–Trinajstić information content (AvgIpc) is 2.15. The van der Waals surface area contributed by atoms with E-state index in [2.05, 4.69) is 45.0 Å². The third-order valence-corrected chi connectivity index (χ3v) is 2.36.